The van der Waals surface area contributed by atoms with Crippen molar-refractivity contribution in [3.05, 3.63) is 40.8 Å². The van der Waals surface area contributed by atoms with E-state index in [0.717, 1.165) is 18.9 Å². The lowest BCUT2D eigenvalue weighted by molar-refractivity contribution is 0.0697. The molecule has 6 heteroatoms. The lowest BCUT2D eigenvalue weighted by atomic mass is 10.1. The highest BCUT2D eigenvalue weighted by Gasteiger charge is 2.21. The Balaban J connectivity index is 2.58. The second-order valence-corrected chi connectivity index (χ2v) is 5.18. The first kappa shape index (κ1) is 15.5. The molecular formula is C15H16ClFN2O2. The zero-order chi connectivity index (χ0) is 15.6. The molecule has 112 valence electrons. The number of hydrogen-bond donors (Lipinski definition) is 1. The van der Waals surface area contributed by atoms with Crippen molar-refractivity contribution < 1.29 is 14.3 Å². The Morgan fingerprint density at radius 2 is 2.10 bits per heavy atom. The van der Waals surface area contributed by atoms with Crippen molar-refractivity contribution in [2.45, 2.75) is 32.7 Å². The van der Waals surface area contributed by atoms with E-state index in [1.54, 1.807) is 4.68 Å². The third-order valence-corrected chi connectivity index (χ3v) is 3.78. The fraction of sp³-hybridized carbons (Fsp3) is 0.333. The van der Waals surface area contributed by atoms with Crippen LogP contribution in [0.4, 0.5) is 4.39 Å². The molecule has 2 aromatic rings. The summed E-state index contributed by atoms with van der Waals surface area (Å²) in [6.07, 6.45) is 3.19. The van der Waals surface area contributed by atoms with Gasteiger partial charge in [0, 0.05) is 11.8 Å². The topological polar surface area (TPSA) is 55.1 Å². The normalized spacial score (nSPS) is 11.1. The SMILES string of the molecule is CCC(CC)n1cc(C(=O)O)c(-c2ccc(F)cc2Cl)n1. The Bertz CT molecular complexity index is 666. The minimum atomic E-state index is -1.08. The predicted octanol–water partition coefficient (Wildman–Crippen LogP) is 4.40. The second-order valence-electron chi connectivity index (χ2n) is 4.77. The second kappa shape index (κ2) is 6.26. The molecule has 0 spiro atoms. The minimum Gasteiger partial charge on any atom is -0.478 e. The van der Waals surface area contributed by atoms with E-state index in [1.165, 1.54) is 18.3 Å². The Morgan fingerprint density at radius 1 is 1.43 bits per heavy atom. The van der Waals surface area contributed by atoms with Crippen LogP contribution in [0.15, 0.2) is 24.4 Å². The van der Waals surface area contributed by atoms with E-state index in [0.29, 0.717) is 5.56 Å². The number of aromatic nitrogens is 2. The summed E-state index contributed by atoms with van der Waals surface area (Å²) >= 11 is 6.02. The molecule has 0 fully saturated rings. The number of aromatic carboxylic acids is 1. The molecule has 0 unspecified atom stereocenters. The summed E-state index contributed by atoms with van der Waals surface area (Å²) in [5, 5.41) is 13.9. The first-order chi connectivity index (χ1) is 9.97. The first-order valence-electron chi connectivity index (χ1n) is 6.75. The van der Waals surface area contributed by atoms with E-state index in [-0.39, 0.29) is 22.3 Å². The largest absolute Gasteiger partial charge is 0.478 e. The molecule has 2 rings (SSSR count). The Morgan fingerprint density at radius 3 is 2.62 bits per heavy atom. The van der Waals surface area contributed by atoms with Crippen molar-refractivity contribution in [3.63, 3.8) is 0 Å². The van der Waals surface area contributed by atoms with Gasteiger partial charge in [-0.1, -0.05) is 25.4 Å². The highest BCUT2D eigenvalue weighted by molar-refractivity contribution is 6.33. The number of rotatable bonds is 5. The van der Waals surface area contributed by atoms with Gasteiger partial charge in [-0.3, -0.25) is 4.68 Å². The molecule has 1 heterocycles. The molecule has 1 aromatic heterocycles. The van der Waals surface area contributed by atoms with Gasteiger partial charge in [0.2, 0.25) is 0 Å². The van der Waals surface area contributed by atoms with Gasteiger partial charge in [0.25, 0.3) is 0 Å². The molecule has 0 radical (unpaired) electrons. The average molecular weight is 311 g/mol. The van der Waals surface area contributed by atoms with Crippen molar-refractivity contribution in [1.82, 2.24) is 9.78 Å². The number of carboxylic acids is 1. The van der Waals surface area contributed by atoms with Crippen LogP contribution in [0.5, 0.6) is 0 Å². The van der Waals surface area contributed by atoms with Gasteiger partial charge in [-0.25, -0.2) is 9.18 Å². The van der Waals surface area contributed by atoms with E-state index in [4.69, 9.17) is 11.6 Å². The first-order valence-corrected chi connectivity index (χ1v) is 7.13. The van der Waals surface area contributed by atoms with Crippen LogP contribution in [-0.2, 0) is 0 Å². The maximum absolute atomic E-state index is 13.1. The van der Waals surface area contributed by atoms with Crippen LogP contribution >= 0.6 is 11.6 Å². The van der Waals surface area contributed by atoms with Gasteiger partial charge in [0.15, 0.2) is 0 Å². The zero-order valence-corrected chi connectivity index (χ0v) is 12.6. The summed E-state index contributed by atoms with van der Waals surface area (Å²) in [6.45, 7) is 4.03. The summed E-state index contributed by atoms with van der Waals surface area (Å²) in [5.74, 6) is -1.55. The van der Waals surface area contributed by atoms with Gasteiger partial charge in [0.05, 0.1) is 11.1 Å². The summed E-state index contributed by atoms with van der Waals surface area (Å²) in [5.41, 5.74) is 0.745. The Labute approximate surface area is 127 Å². The number of carbonyl (C=O) groups is 1. The average Bonchev–Trinajstić information content (AvgIpc) is 2.85. The van der Waals surface area contributed by atoms with Crippen molar-refractivity contribution in [3.8, 4) is 11.3 Å². The van der Waals surface area contributed by atoms with E-state index in [1.807, 2.05) is 13.8 Å². The molecular weight excluding hydrogens is 295 g/mol. The van der Waals surface area contributed by atoms with Gasteiger partial charge in [-0.15, -0.1) is 0 Å². The predicted molar refractivity (Wildman–Crippen MR) is 79.2 cm³/mol. The van der Waals surface area contributed by atoms with Gasteiger partial charge in [-0.05, 0) is 31.0 Å². The summed E-state index contributed by atoms with van der Waals surface area (Å²) in [6, 6.07) is 3.96. The number of halogens is 2. The van der Waals surface area contributed by atoms with E-state index in [9.17, 15) is 14.3 Å². The highest BCUT2D eigenvalue weighted by Crippen LogP contribution is 2.31. The van der Waals surface area contributed by atoms with Gasteiger partial charge < -0.3 is 5.11 Å². The quantitative estimate of drug-likeness (QED) is 0.890. The van der Waals surface area contributed by atoms with Gasteiger partial charge >= 0.3 is 5.97 Å². The lowest BCUT2D eigenvalue weighted by Gasteiger charge is -2.12. The number of hydrogen-bond acceptors (Lipinski definition) is 2. The minimum absolute atomic E-state index is 0.0652. The summed E-state index contributed by atoms with van der Waals surface area (Å²) in [4.78, 5) is 11.4. The molecule has 1 aromatic carbocycles. The molecule has 0 aliphatic heterocycles. The van der Waals surface area contributed by atoms with Crippen LogP contribution in [0.25, 0.3) is 11.3 Å². The van der Waals surface area contributed by atoms with Crippen LogP contribution in [0.3, 0.4) is 0 Å². The maximum atomic E-state index is 13.1. The van der Waals surface area contributed by atoms with Crippen molar-refractivity contribution in [2.24, 2.45) is 0 Å². The molecule has 0 aliphatic rings. The van der Waals surface area contributed by atoms with E-state index < -0.39 is 11.8 Å². The van der Waals surface area contributed by atoms with Crippen molar-refractivity contribution >= 4 is 17.6 Å². The highest BCUT2D eigenvalue weighted by atomic mass is 35.5. The molecule has 0 saturated heterocycles. The smallest absolute Gasteiger partial charge is 0.339 e. The lowest BCUT2D eigenvalue weighted by Crippen LogP contribution is -2.07. The third-order valence-electron chi connectivity index (χ3n) is 3.47. The maximum Gasteiger partial charge on any atom is 0.339 e. The monoisotopic (exact) mass is 310 g/mol. The number of benzene rings is 1. The van der Waals surface area contributed by atoms with Crippen molar-refractivity contribution in [1.29, 1.82) is 0 Å². The standard InChI is InChI=1S/C15H16ClFN2O2/c1-3-10(4-2)19-8-12(15(20)21)14(18-19)11-6-5-9(17)7-13(11)16/h5-8,10H,3-4H2,1-2H3,(H,20,21). The van der Waals surface area contributed by atoms with Crippen LogP contribution in [0.1, 0.15) is 43.1 Å². The van der Waals surface area contributed by atoms with Crippen LogP contribution in [0, 0.1) is 5.82 Å². The zero-order valence-electron chi connectivity index (χ0n) is 11.8. The number of nitrogens with zero attached hydrogens (tertiary/aromatic N) is 2. The summed E-state index contributed by atoms with van der Waals surface area (Å²) < 4.78 is 14.8. The molecule has 21 heavy (non-hydrogen) atoms. The molecule has 0 bridgehead atoms. The van der Waals surface area contributed by atoms with Crippen LogP contribution in [0.2, 0.25) is 5.02 Å². The summed E-state index contributed by atoms with van der Waals surface area (Å²) in [7, 11) is 0. The van der Waals surface area contributed by atoms with E-state index in [2.05, 4.69) is 5.10 Å². The molecule has 0 saturated carbocycles. The molecule has 0 aliphatic carbocycles. The van der Waals surface area contributed by atoms with Crippen LogP contribution in [-0.4, -0.2) is 20.9 Å². The van der Waals surface area contributed by atoms with E-state index >= 15 is 0 Å². The molecule has 0 atom stereocenters. The van der Waals surface area contributed by atoms with Gasteiger partial charge in [-0.2, -0.15) is 5.10 Å². The van der Waals surface area contributed by atoms with Crippen molar-refractivity contribution in [2.75, 3.05) is 0 Å². The molecule has 0 amide bonds. The molecule has 4 nitrogen and oxygen atoms in total. The fourth-order valence-electron chi connectivity index (χ4n) is 2.28. The third kappa shape index (κ3) is 3.08. The Hall–Kier alpha value is -1.88. The Kier molecular flexibility index (Phi) is 4.63. The molecule has 1 N–H and O–H groups in total. The van der Waals surface area contributed by atoms with Gasteiger partial charge in [0.1, 0.15) is 17.1 Å². The van der Waals surface area contributed by atoms with Crippen LogP contribution < -0.4 is 0 Å². The number of carboxylic acid groups (broad SMARTS) is 1. The fourth-order valence-corrected chi connectivity index (χ4v) is 2.54.